The molecule has 1 aromatic carbocycles. The van der Waals surface area contributed by atoms with E-state index >= 15 is 0 Å². The SMILES string of the molecule is Cc1cccc(C[NH+]2CC[NH+]([C@@H]3CS(=O)(=O)C[C@@H]3O)CC2)c1. The van der Waals surface area contributed by atoms with Crippen LogP contribution in [0.5, 0.6) is 0 Å². The number of piperazine rings is 1. The van der Waals surface area contributed by atoms with Gasteiger partial charge in [-0.2, -0.15) is 0 Å². The second-order valence-electron chi connectivity index (χ2n) is 6.82. The van der Waals surface area contributed by atoms with E-state index in [-0.39, 0.29) is 17.5 Å². The molecule has 0 aromatic heterocycles. The molecule has 0 radical (unpaired) electrons. The van der Waals surface area contributed by atoms with E-state index in [4.69, 9.17) is 0 Å². The Morgan fingerprint density at radius 2 is 1.91 bits per heavy atom. The lowest BCUT2D eigenvalue weighted by Crippen LogP contribution is -3.29. The molecule has 0 amide bonds. The Hall–Kier alpha value is -0.950. The Kier molecular flexibility index (Phi) is 4.54. The first kappa shape index (κ1) is 15.9. The van der Waals surface area contributed by atoms with Crippen molar-refractivity contribution in [3.63, 3.8) is 0 Å². The van der Waals surface area contributed by atoms with Crippen molar-refractivity contribution in [2.75, 3.05) is 37.7 Å². The van der Waals surface area contributed by atoms with Crippen molar-refractivity contribution >= 4 is 9.84 Å². The lowest BCUT2D eigenvalue weighted by Gasteiger charge is -2.33. The van der Waals surface area contributed by atoms with Crippen LogP contribution in [0.4, 0.5) is 0 Å². The van der Waals surface area contributed by atoms with Crippen LogP contribution in [0.2, 0.25) is 0 Å². The highest BCUT2D eigenvalue weighted by atomic mass is 32.2. The molecule has 22 heavy (non-hydrogen) atoms. The molecule has 0 spiro atoms. The summed E-state index contributed by atoms with van der Waals surface area (Å²) < 4.78 is 23.3. The maximum atomic E-state index is 11.7. The van der Waals surface area contributed by atoms with E-state index in [1.54, 1.807) is 4.90 Å². The van der Waals surface area contributed by atoms with Gasteiger partial charge in [0.15, 0.2) is 9.84 Å². The average molecular weight is 326 g/mol. The fraction of sp³-hybridized carbons (Fsp3) is 0.625. The van der Waals surface area contributed by atoms with Crippen LogP contribution in [0.1, 0.15) is 11.1 Å². The molecular weight excluding hydrogens is 300 g/mol. The molecule has 2 aliphatic heterocycles. The maximum absolute atomic E-state index is 11.7. The molecule has 2 atom stereocenters. The van der Waals surface area contributed by atoms with Gasteiger partial charge in [-0.3, -0.25) is 0 Å². The number of aryl methyl sites for hydroxylation is 1. The molecule has 0 unspecified atom stereocenters. The zero-order valence-electron chi connectivity index (χ0n) is 13.1. The molecule has 2 saturated heterocycles. The Labute approximate surface area is 132 Å². The molecule has 3 rings (SSSR count). The number of sulfone groups is 1. The Balaban J connectivity index is 1.54. The quantitative estimate of drug-likeness (QED) is 0.573. The van der Waals surface area contributed by atoms with E-state index in [0.29, 0.717) is 0 Å². The van der Waals surface area contributed by atoms with Crippen LogP contribution in [-0.4, -0.2) is 63.4 Å². The molecule has 122 valence electrons. The zero-order valence-corrected chi connectivity index (χ0v) is 13.9. The van der Waals surface area contributed by atoms with Crippen molar-refractivity contribution in [3.05, 3.63) is 35.4 Å². The summed E-state index contributed by atoms with van der Waals surface area (Å²) in [5.41, 5.74) is 2.65. The number of benzene rings is 1. The first-order chi connectivity index (χ1) is 10.4. The molecule has 1 aromatic rings. The minimum atomic E-state index is -3.04. The molecule has 2 heterocycles. The van der Waals surface area contributed by atoms with E-state index in [0.717, 1.165) is 32.7 Å². The van der Waals surface area contributed by atoms with E-state index in [2.05, 4.69) is 31.2 Å². The summed E-state index contributed by atoms with van der Waals surface area (Å²) >= 11 is 0. The molecule has 0 bridgehead atoms. The predicted octanol–water partition coefficient (Wildman–Crippen LogP) is -2.56. The summed E-state index contributed by atoms with van der Waals surface area (Å²) in [5.74, 6) is 0.0950. The molecule has 5 nitrogen and oxygen atoms in total. The van der Waals surface area contributed by atoms with E-state index in [1.807, 2.05) is 0 Å². The molecule has 2 aliphatic rings. The standard InChI is InChI=1S/C16H24N2O3S/c1-13-3-2-4-14(9-13)10-17-5-7-18(8-6-17)15-11-22(20,21)12-16(15)19/h2-4,9,15-16,19H,5-8,10-12H2,1H3/p+2/t15-,16+/m1/s1. The fourth-order valence-corrected chi connectivity index (χ4v) is 5.70. The highest BCUT2D eigenvalue weighted by Crippen LogP contribution is 2.10. The Morgan fingerprint density at radius 1 is 1.18 bits per heavy atom. The largest absolute Gasteiger partial charge is 0.386 e. The molecule has 0 aliphatic carbocycles. The zero-order chi connectivity index (χ0) is 15.7. The number of aliphatic hydroxyl groups excluding tert-OH is 1. The van der Waals surface area contributed by atoms with Crippen LogP contribution in [0, 0.1) is 6.92 Å². The number of hydrogen-bond acceptors (Lipinski definition) is 3. The topological polar surface area (TPSA) is 63.2 Å². The second kappa shape index (κ2) is 6.28. The van der Waals surface area contributed by atoms with Gasteiger partial charge in [0.2, 0.25) is 0 Å². The van der Waals surface area contributed by atoms with Crippen LogP contribution < -0.4 is 9.80 Å². The Bertz CT molecular complexity index is 624. The van der Waals surface area contributed by atoms with Gasteiger partial charge in [0.25, 0.3) is 0 Å². The molecular formula is C16H26N2O3S+2. The monoisotopic (exact) mass is 326 g/mol. The smallest absolute Gasteiger partial charge is 0.159 e. The first-order valence-corrected chi connectivity index (χ1v) is 9.87. The van der Waals surface area contributed by atoms with Gasteiger partial charge in [-0.15, -0.1) is 0 Å². The van der Waals surface area contributed by atoms with Gasteiger partial charge in [0.1, 0.15) is 50.6 Å². The van der Waals surface area contributed by atoms with Crippen molar-refractivity contribution in [1.82, 2.24) is 0 Å². The predicted molar refractivity (Wildman–Crippen MR) is 84.7 cm³/mol. The number of nitrogens with one attached hydrogen (secondary N) is 2. The highest BCUT2D eigenvalue weighted by Gasteiger charge is 2.44. The van der Waals surface area contributed by atoms with E-state index in [9.17, 15) is 13.5 Å². The minimum Gasteiger partial charge on any atom is -0.386 e. The molecule has 3 N–H and O–H groups in total. The third-order valence-electron chi connectivity index (χ3n) is 4.98. The average Bonchev–Trinajstić information content (AvgIpc) is 2.73. The van der Waals surface area contributed by atoms with Crippen molar-refractivity contribution in [2.45, 2.75) is 25.6 Å². The van der Waals surface area contributed by atoms with Crippen molar-refractivity contribution in [1.29, 1.82) is 0 Å². The summed E-state index contributed by atoms with van der Waals surface area (Å²) in [6, 6.07) is 8.51. The maximum Gasteiger partial charge on any atom is 0.159 e. The first-order valence-electron chi connectivity index (χ1n) is 8.05. The molecule has 2 fully saturated rings. The summed E-state index contributed by atoms with van der Waals surface area (Å²) in [4.78, 5) is 2.81. The van der Waals surface area contributed by atoms with Gasteiger partial charge in [-0.05, 0) is 6.92 Å². The van der Waals surface area contributed by atoms with Crippen LogP contribution in [0.15, 0.2) is 24.3 Å². The Morgan fingerprint density at radius 3 is 2.50 bits per heavy atom. The van der Waals surface area contributed by atoms with Crippen LogP contribution in [0.3, 0.4) is 0 Å². The van der Waals surface area contributed by atoms with Gasteiger partial charge in [-0.25, -0.2) is 8.42 Å². The van der Waals surface area contributed by atoms with Crippen molar-refractivity contribution in [2.24, 2.45) is 0 Å². The van der Waals surface area contributed by atoms with Crippen LogP contribution >= 0.6 is 0 Å². The van der Waals surface area contributed by atoms with Gasteiger partial charge >= 0.3 is 0 Å². The van der Waals surface area contributed by atoms with Gasteiger partial charge in [0, 0.05) is 5.56 Å². The lowest BCUT2D eigenvalue weighted by atomic mass is 10.1. The van der Waals surface area contributed by atoms with Gasteiger partial charge in [-0.1, -0.05) is 29.8 Å². The van der Waals surface area contributed by atoms with Crippen molar-refractivity contribution in [3.8, 4) is 0 Å². The fourth-order valence-electron chi connectivity index (χ4n) is 3.80. The third-order valence-corrected chi connectivity index (χ3v) is 6.70. The van der Waals surface area contributed by atoms with Gasteiger partial charge in [0.05, 0.1) is 5.75 Å². The summed E-state index contributed by atoms with van der Waals surface area (Å²) in [5, 5.41) is 10.0. The summed E-state index contributed by atoms with van der Waals surface area (Å²) in [6.45, 7) is 7.10. The number of hydrogen-bond donors (Lipinski definition) is 3. The number of quaternary nitrogens is 2. The summed E-state index contributed by atoms with van der Waals surface area (Å²) in [7, 11) is -3.04. The van der Waals surface area contributed by atoms with E-state index in [1.165, 1.54) is 16.0 Å². The number of aliphatic hydroxyl groups is 1. The molecule has 0 saturated carbocycles. The molecule has 6 heteroatoms. The highest BCUT2D eigenvalue weighted by molar-refractivity contribution is 7.91. The van der Waals surface area contributed by atoms with Crippen molar-refractivity contribution < 1.29 is 23.3 Å². The van der Waals surface area contributed by atoms with E-state index < -0.39 is 15.9 Å². The van der Waals surface area contributed by atoms with Gasteiger partial charge < -0.3 is 14.9 Å². The normalized spacial score (nSPS) is 34.6. The van der Waals surface area contributed by atoms with Crippen LogP contribution in [-0.2, 0) is 16.4 Å². The minimum absolute atomic E-state index is 0.0545. The second-order valence-corrected chi connectivity index (χ2v) is 8.98. The lowest BCUT2D eigenvalue weighted by molar-refractivity contribution is -1.03. The van der Waals surface area contributed by atoms with Crippen LogP contribution in [0.25, 0.3) is 0 Å². The number of rotatable bonds is 3. The summed E-state index contributed by atoms with van der Waals surface area (Å²) in [6.07, 6.45) is -0.682. The third kappa shape index (κ3) is 3.68.